The Hall–Kier alpha value is -1.24. The maximum atomic E-state index is 6.81. The summed E-state index contributed by atoms with van der Waals surface area (Å²) in [6.07, 6.45) is 6.09. The topological polar surface area (TPSA) is 0 Å². The van der Waals surface area contributed by atoms with E-state index < -0.39 is 0 Å². The molecule has 0 radical (unpaired) electrons. The quantitative estimate of drug-likeness (QED) is 0.500. The van der Waals surface area contributed by atoms with Gasteiger partial charge in [-0.05, 0) is 62.1 Å². The summed E-state index contributed by atoms with van der Waals surface area (Å²) < 4.78 is 0. The minimum Gasteiger partial charge on any atom is -0.0841 e. The Morgan fingerprint density at radius 1 is 1.09 bits per heavy atom. The van der Waals surface area contributed by atoms with E-state index in [0.717, 1.165) is 21.4 Å². The van der Waals surface area contributed by atoms with Crippen molar-refractivity contribution in [2.45, 2.75) is 40.0 Å². The predicted octanol–water partition coefficient (Wildman–Crippen LogP) is 7.69. The van der Waals surface area contributed by atoms with E-state index >= 15 is 0 Å². The lowest BCUT2D eigenvalue weighted by Gasteiger charge is -2.29. The van der Waals surface area contributed by atoms with Gasteiger partial charge in [0.25, 0.3) is 0 Å². The molecule has 2 aromatic carbocycles. The summed E-state index contributed by atoms with van der Waals surface area (Å²) in [6.45, 7) is 6.52. The Bertz CT molecular complexity index is 808. The van der Waals surface area contributed by atoms with Crippen LogP contribution in [0.4, 0.5) is 0 Å². The van der Waals surface area contributed by atoms with Gasteiger partial charge in [0.1, 0.15) is 0 Å². The van der Waals surface area contributed by atoms with Gasteiger partial charge in [-0.3, -0.25) is 0 Å². The third-order valence-electron chi connectivity index (χ3n) is 5.14. The highest BCUT2D eigenvalue weighted by Crippen LogP contribution is 2.43. The summed E-state index contributed by atoms with van der Waals surface area (Å²) in [5, 5.41) is 3.53. The first-order valence-corrected chi connectivity index (χ1v) is 9.01. The Labute approximate surface area is 148 Å². The van der Waals surface area contributed by atoms with Gasteiger partial charge in [-0.25, -0.2) is 0 Å². The first kappa shape index (κ1) is 16.6. The third kappa shape index (κ3) is 2.95. The molecule has 0 amide bonds. The van der Waals surface area contributed by atoms with E-state index in [0.29, 0.717) is 10.9 Å². The molecule has 23 heavy (non-hydrogen) atoms. The molecule has 0 aromatic heterocycles. The molecule has 0 unspecified atom stereocenters. The molecule has 1 saturated carbocycles. The molecular weight excluding hydrogens is 323 g/mol. The van der Waals surface area contributed by atoms with Crippen LogP contribution in [-0.2, 0) is 0 Å². The molecule has 0 spiro atoms. The Morgan fingerprint density at radius 2 is 1.83 bits per heavy atom. The summed E-state index contributed by atoms with van der Waals surface area (Å²) in [7, 11) is 0. The summed E-state index contributed by atoms with van der Waals surface area (Å²) in [6, 6.07) is 10.2. The molecular formula is C21H22Cl2. The molecule has 1 fully saturated rings. The first-order valence-electron chi connectivity index (χ1n) is 8.25. The van der Waals surface area contributed by atoms with Crippen molar-refractivity contribution in [1.82, 2.24) is 0 Å². The molecule has 0 saturated heterocycles. The molecule has 1 aliphatic carbocycles. The van der Waals surface area contributed by atoms with Crippen molar-refractivity contribution < 1.29 is 0 Å². The van der Waals surface area contributed by atoms with E-state index in [1.165, 1.54) is 36.0 Å². The lowest BCUT2D eigenvalue weighted by Crippen LogP contribution is -2.14. The third-order valence-corrected chi connectivity index (χ3v) is 5.85. The second kappa shape index (κ2) is 6.71. The fraction of sp³-hybridized carbons (Fsp3) is 0.333. The average Bonchev–Trinajstić information content (AvgIpc) is 2.47. The van der Waals surface area contributed by atoms with Crippen LogP contribution in [0.25, 0.3) is 16.3 Å². The average molecular weight is 345 g/mol. The van der Waals surface area contributed by atoms with Crippen molar-refractivity contribution in [3.63, 3.8) is 0 Å². The van der Waals surface area contributed by atoms with Gasteiger partial charge in [-0.1, -0.05) is 65.5 Å². The number of halogens is 2. The lowest BCUT2D eigenvalue weighted by molar-refractivity contribution is 0.369. The van der Waals surface area contributed by atoms with Gasteiger partial charge in [0.2, 0.25) is 0 Å². The molecule has 1 aliphatic rings. The van der Waals surface area contributed by atoms with Gasteiger partial charge in [0.05, 0.1) is 5.02 Å². The van der Waals surface area contributed by atoms with E-state index in [1.54, 1.807) is 0 Å². The van der Waals surface area contributed by atoms with Crippen molar-refractivity contribution in [3.8, 4) is 0 Å². The largest absolute Gasteiger partial charge is 0.0841 e. The van der Waals surface area contributed by atoms with Crippen molar-refractivity contribution >= 4 is 39.5 Å². The van der Waals surface area contributed by atoms with Gasteiger partial charge in [-0.2, -0.15) is 0 Å². The highest BCUT2D eigenvalue weighted by atomic mass is 35.5. The standard InChI is InChI=1S/C21H22Cl2/c1-4-13(2)19(14(3)15-7-5-8-15)17-12-11-16-9-6-10-18(22)20(16)21(17)23/h4,6,9-12,15H,5,7-8H2,1-3H3/b13-4-,19-14+. The van der Waals surface area contributed by atoms with E-state index in [1.807, 2.05) is 12.1 Å². The highest BCUT2D eigenvalue weighted by Gasteiger charge is 2.24. The zero-order chi connectivity index (χ0) is 16.6. The number of hydrogen-bond donors (Lipinski definition) is 0. The molecule has 0 heterocycles. The molecule has 120 valence electrons. The second-order valence-electron chi connectivity index (χ2n) is 6.42. The molecule has 0 nitrogen and oxygen atoms in total. The maximum absolute atomic E-state index is 6.81. The number of allylic oxidation sites excluding steroid dienone is 4. The highest BCUT2D eigenvalue weighted by molar-refractivity contribution is 6.43. The number of benzene rings is 2. The van der Waals surface area contributed by atoms with Crippen LogP contribution in [0.3, 0.4) is 0 Å². The van der Waals surface area contributed by atoms with Gasteiger partial charge in [-0.15, -0.1) is 0 Å². The van der Waals surface area contributed by atoms with Gasteiger partial charge in [0.15, 0.2) is 0 Å². The van der Waals surface area contributed by atoms with Crippen LogP contribution in [0, 0.1) is 5.92 Å². The summed E-state index contributed by atoms with van der Waals surface area (Å²) >= 11 is 13.2. The molecule has 2 aromatic rings. The van der Waals surface area contributed by atoms with Crippen molar-refractivity contribution in [2.75, 3.05) is 0 Å². The van der Waals surface area contributed by atoms with Crippen LogP contribution < -0.4 is 0 Å². The molecule has 0 N–H and O–H groups in total. The number of hydrogen-bond acceptors (Lipinski definition) is 0. The van der Waals surface area contributed by atoms with Crippen LogP contribution in [-0.4, -0.2) is 0 Å². The minimum atomic E-state index is 0.693. The Morgan fingerprint density at radius 3 is 2.43 bits per heavy atom. The Balaban J connectivity index is 2.27. The summed E-state index contributed by atoms with van der Waals surface area (Å²) in [5.41, 5.74) is 5.14. The maximum Gasteiger partial charge on any atom is 0.0577 e. The second-order valence-corrected chi connectivity index (χ2v) is 7.21. The van der Waals surface area contributed by atoms with E-state index in [2.05, 4.69) is 45.0 Å². The van der Waals surface area contributed by atoms with Crippen LogP contribution in [0.5, 0.6) is 0 Å². The molecule has 2 heteroatoms. The number of fused-ring (bicyclic) bond motifs is 1. The van der Waals surface area contributed by atoms with E-state index in [9.17, 15) is 0 Å². The lowest BCUT2D eigenvalue weighted by atomic mass is 9.76. The van der Waals surface area contributed by atoms with Crippen molar-refractivity contribution in [1.29, 1.82) is 0 Å². The van der Waals surface area contributed by atoms with Crippen LogP contribution in [0.2, 0.25) is 10.0 Å². The van der Waals surface area contributed by atoms with E-state index in [4.69, 9.17) is 23.2 Å². The smallest absolute Gasteiger partial charge is 0.0577 e. The predicted molar refractivity (Wildman–Crippen MR) is 103 cm³/mol. The minimum absolute atomic E-state index is 0.693. The van der Waals surface area contributed by atoms with Crippen LogP contribution in [0.15, 0.2) is 47.6 Å². The number of rotatable bonds is 3. The normalized spacial score (nSPS) is 17.2. The van der Waals surface area contributed by atoms with Gasteiger partial charge >= 0.3 is 0 Å². The van der Waals surface area contributed by atoms with E-state index in [-0.39, 0.29) is 0 Å². The SMILES string of the molecule is C/C=C(C)\C(=C(\C)C1CCC1)c1ccc2cccc(Cl)c2c1Cl. The summed E-state index contributed by atoms with van der Waals surface area (Å²) in [5.74, 6) is 0.693. The first-order chi connectivity index (χ1) is 11.0. The molecule has 3 rings (SSSR count). The molecule has 0 aliphatic heterocycles. The van der Waals surface area contributed by atoms with Gasteiger partial charge in [0, 0.05) is 16.0 Å². The van der Waals surface area contributed by atoms with Gasteiger partial charge < -0.3 is 0 Å². The summed E-state index contributed by atoms with van der Waals surface area (Å²) in [4.78, 5) is 0. The molecule has 0 atom stereocenters. The zero-order valence-corrected chi connectivity index (χ0v) is 15.4. The fourth-order valence-corrected chi connectivity index (χ4v) is 4.10. The monoisotopic (exact) mass is 344 g/mol. The fourth-order valence-electron chi connectivity index (χ4n) is 3.41. The zero-order valence-electron chi connectivity index (χ0n) is 13.9. The van der Waals surface area contributed by atoms with Crippen LogP contribution >= 0.6 is 23.2 Å². The molecule has 0 bridgehead atoms. The van der Waals surface area contributed by atoms with Crippen molar-refractivity contribution in [3.05, 3.63) is 63.2 Å². The van der Waals surface area contributed by atoms with Crippen LogP contribution in [0.1, 0.15) is 45.6 Å². The Kier molecular flexibility index (Phi) is 4.85. The van der Waals surface area contributed by atoms with Crippen molar-refractivity contribution in [2.24, 2.45) is 5.92 Å².